The molecule has 5 nitrogen and oxygen atoms in total. The molecule has 0 fully saturated rings. The first-order valence-electron chi connectivity index (χ1n) is 7.02. The molecule has 24 heavy (non-hydrogen) atoms. The van der Waals surface area contributed by atoms with Crippen LogP contribution in [-0.4, -0.2) is 31.3 Å². The Labute approximate surface area is 148 Å². The van der Waals surface area contributed by atoms with Crippen molar-refractivity contribution in [1.82, 2.24) is 0 Å². The maximum Gasteiger partial charge on any atom is 0.310 e. The van der Waals surface area contributed by atoms with E-state index >= 15 is 0 Å². The number of methoxy groups -OCH3 is 1. The van der Waals surface area contributed by atoms with Crippen LogP contribution < -0.4 is 4.74 Å². The van der Waals surface area contributed by atoms with Crippen molar-refractivity contribution in [2.45, 2.75) is 13.3 Å². The van der Waals surface area contributed by atoms with Gasteiger partial charge in [-0.25, -0.2) is 0 Å². The molecule has 0 radical (unpaired) electrons. The number of thiophene rings is 1. The topological polar surface area (TPSA) is 69.7 Å². The second kappa shape index (κ2) is 8.08. The Bertz CT molecular complexity index is 781. The van der Waals surface area contributed by atoms with Crippen molar-refractivity contribution in [3.8, 4) is 5.75 Å². The summed E-state index contributed by atoms with van der Waals surface area (Å²) < 4.78 is 10.7. The van der Waals surface area contributed by atoms with E-state index in [-0.39, 0.29) is 24.6 Å². The van der Waals surface area contributed by atoms with E-state index in [9.17, 15) is 14.4 Å². The third-order valence-corrected chi connectivity index (χ3v) is 4.51. The van der Waals surface area contributed by atoms with Crippen molar-refractivity contribution in [3.05, 3.63) is 50.7 Å². The number of carbonyl (C=O) groups excluding carboxylic acids is 3. The van der Waals surface area contributed by atoms with Crippen LogP contribution >= 0.6 is 22.9 Å². The minimum Gasteiger partial charge on any atom is -0.496 e. The van der Waals surface area contributed by atoms with Gasteiger partial charge < -0.3 is 9.47 Å². The lowest BCUT2D eigenvalue weighted by Crippen LogP contribution is -2.15. The summed E-state index contributed by atoms with van der Waals surface area (Å²) in [5.74, 6) is -0.528. The number of esters is 1. The molecule has 0 atom stereocenters. The van der Waals surface area contributed by atoms with E-state index in [1.54, 1.807) is 30.3 Å². The number of rotatable bonds is 7. The lowest BCUT2D eigenvalue weighted by atomic mass is 10.0. The molecular formula is C17H15ClO5S. The van der Waals surface area contributed by atoms with Gasteiger partial charge in [0, 0.05) is 11.1 Å². The van der Waals surface area contributed by atoms with Gasteiger partial charge >= 0.3 is 5.97 Å². The van der Waals surface area contributed by atoms with E-state index in [1.165, 1.54) is 14.0 Å². The van der Waals surface area contributed by atoms with Crippen molar-refractivity contribution in [1.29, 1.82) is 0 Å². The molecule has 0 aliphatic rings. The molecule has 0 amide bonds. The number of hydrogen-bond acceptors (Lipinski definition) is 6. The minimum absolute atomic E-state index is 0.0945. The number of ether oxygens (including phenoxy) is 2. The maximum atomic E-state index is 12.0. The minimum atomic E-state index is -0.579. The average molecular weight is 367 g/mol. The summed E-state index contributed by atoms with van der Waals surface area (Å²) in [6, 6.07) is 8.03. The van der Waals surface area contributed by atoms with Gasteiger partial charge in [-0.15, -0.1) is 11.3 Å². The molecule has 0 unspecified atom stereocenters. The quantitative estimate of drug-likeness (QED) is 0.553. The normalized spacial score (nSPS) is 10.3. The van der Waals surface area contributed by atoms with Gasteiger partial charge in [-0.1, -0.05) is 11.6 Å². The monoisotopic (exact) mass is 366 g/mol. The van der Waals surface area contributed by atoms with Crippen molar-refractivity contribution >= 4 is 40.5 Å². The molecule has 0 aliphatic heterocycles. The summed E-state index contributed by atoms with van der Waals surface area (Å²) in [5.41, 5.74) is 1.00. The molecule has 7 heteroatoms. The Hall–Kier alpha value is -2.18. The average Bonchev–Trinajstić information content (AvgIpc) is 2.99. The Kier molecular flexibility index (Phi) is 6.11. The maximum absolute atomic E-state index is 12.0. The van der Waals surface area contributed by atoms with Crippen LogP contribution in [-0.2, 0) is 16.0 Å². The third kappa shape index (κ3) is 4.66. The standard InChI is InChI=1S/C17H15ClO5S/c1-10(19)11-3-4-14(22-2)12(7-11)8-17(21)23-9-13(20)15-5-6-16(18)24-15/h3-7H,8-9H2,1-2H3. The fraction of sp³-hybridized carbons (Fsp3) is 0.235. The third-order valence-electron chi connectivity index (χ3n) is 3.23. The summed E-state index contributed by atoms with van der Waals surface area (Å²) in [6.07, 6.45) is -0.0945. The van der Waals surface area contributed by atoms with Crippen LogP contribution in [0, 0.1) is 0 Å². The van der Waals surface area contributed by atoms with E-state index < -0.39 is 5.97 Å². The predicted octanol–water partition coefficient (Wildman–Crippen LogP) is 3.58. The number of hydrogen-bond donors (Lipinski definition) is 0. The molecule has 126 valence electrons. The molecule has 0 spiro atoms. The Balaban J connectivity index is 2.00. The van der Waals surface area contributed by atoms with Gasteiger partial charge in [-0.05, 0) is 37.3 Å². The summed E-state index contributed by atoms with van der Waals surface area (Å²) in [6.45, 7) is 1.08. The van der Waals surface area contributed by atoms with Gasteiger partial charge in [0.1, 0.15) is 5.75 Å². The predicted molar refractivity (Wildman–Crippen MR) is 91.3 cm³/mol. The van der Waals surface area contributed by atoms with Crippen LogP contribution in [0.25, 0.3) is 0 Å². The van der Waals surface area contributed by atoms with E-state index in [0.29, 0.717) is 26.1 Å². The summed E-state index contributed by atoms with van der Waals surface area (Å²) in [4.78, 5) is 35.7. The Morgan fingerprint density at radius 2 is 1.92 bits per heavy atom. The number of benzene rings is 1. The molecule has 2 rings (SSSR count). The molecule has 0 saturated heterocycles. The first-order valence-corrected chi connectivity index (χ1v) is 8.22. The highest BCUT2D eigenvalue weighted by Crippen LogP contribution is 2.23. The van der Waals surface area contributed by atoms with Gasteiger partial charge in [0.15, 0.2) is 12.4 Å². The van der Waals surface area contributed by atoms with E-state index in [0.717, 1.165) is 11.3 Å². The van der Waals surface area contributed by atoms with Crippen LogP contribution in [0.4, 0.5) is 0 Å². The summed E-state index contributed by atoms with van der Waals surface area (Å²) in [5, 5.41) is 0. The van der Waals surface area contributed by atoms with Gasteiger partial charge in [0.25, 0.3) is 0 Å². The van der Waals surface area contributed by atoms with Crippen molar-refractivity contribution in [2.75, 3.05) is 13.7 Å². The van der Waals surface area contributed by atoms with Crippen LogP contribution in [0.5, 0.6) is 5.75 Å². The largest absolute Gasteiger partial charge is 0.496 e. The van der Waals surface area contributed by atoms with Crippen LogP contribution in [0.1, 0.15) is 32.5 Å². The van der Waals surface area contributed by atoms with Crippen LogP contribution in [0.2, 0.25) is 4.34 Å². The highest BCUT2D eigenvalue weighted by molar-refractivity contribution is 7.18. The summed E-state index contributed by atoms with van der Waals surface area (Å²) >= 11 is 6.90. The smallest absolute Gasteiger partial charge is 0.310 e. The fourth-order valence-corrected chi connectivity index (χ4v) is 2.99. The van der Waals surface area contributed by atoms with Crippen LogP contribution in [0.15, 0.2) is 30.3 Å². The zero-order chi connectivity index (χ0) is 17.7. The molecule has 2 aromatic rings. The van der Waals surface area contributed by atoms with E-state index in [1.807, 2.05) is 0 Å². The SMILES string of the molecule is COc1ccc(C(C)=O)cc1CC(=O)OCC(=O)c1ccc(Cl)s1. The molecule has 0 N–H and O–H groups in total. The Morgan fingerprint density at radius 1 is 1.17 bits per heavy atom. The summed E-state index contributed by atoms with van der Waals surface area (Å²) in [7, 11) is 1.47. The second-order valence-electron chi connectivity index (χ2n) is 4.95. The van der Waals surface area contributed by atoms with Crippen molar-refractivity contribution in [3.63, 3.8) is 0 Å². The lowest BCUT2D eigenvalue weighted by Gasteiger charge is -2.09. The molecule has 0 aliphatic carbocycles. The van der Waals surface area contributed by atoms with Crippen molar-refractivity contribution < 1.29 is 23.9 Å². The molecule has 0 bridgehead atoms. The molecular weight excluding hydrogens is 352 g/mol. The number of ketones is 2. The van der Waals surface area contributed by atoms with E-state index in [4.69, 9.17) is 21.1 Å². The van der Waals surface area contributed by atoms with Gasteiger partial charge in [0.2, 0.25) is 5.78 Å². The van der Waals surface area contributed by atoms with Gasteiger partial charge in [0.05, 0.1) is 22.7 Å². The fourth-order valence-electron chi connectivity index (χ4n) is 2.02. The Morgan fingerprint density at radius 3 is 2.50 bits per heavy atom. The molecule has 0 saturated carbocycles. The number of halogens is 1. The highest BCUT2D eigenvalue weighted by Gasteiger charge is 2.15. The molecule has 1 aromatic carbocycles. The van der Waals surface area contributed by atoms with E-state index in [2.05, 4.69) is 0 Å². The second-order valence-corrected chi connectivity index (χ2v) is 6.66. The first-order chi connectivity index (χ1) is 11.4. The lowest BCUT2D eigenvalue weighted by molar-refractivity contribution is -0.141. The zero-order valence-electron chi connectivity index (χ0n) is 13.1. The number of Topliss-reactive ketones (excluding diaryl/α,β-unsaturated/α-hetero) is 2. The van der Waals surface area contributed by atoms with Crippen molar-refractivity contribution in [2.24, 2.45) is 0 Å². The molecule has 1 heterocycles. The molecule has 1 aromatic heterocycles. The van der Waals surface area contributed by atoms with Crippen LogP contribution in [0.3, 0.4) is 0 Å². The zero-order valence-corrected chi connectivity index (χ0v) is 14.7. The number of carbonyl (C=O) groups is 3. The van der Waals surface area contributed by atoms with Gasteiger partial charge in [-0.2, -0.15) is 0 Å². The first kappa shape index (κ1) is 18.2. The van der Waals surface area contributed by atoms with Gasteiger partial charge in [-0.3, -0.25) is 14.4 Å². The highest BCUT2D eigenvalue weighted by atomic mass is 35.5.